The van der Waals surface area contributed by atoms with E-state index in [0.717, 1.165) is 24.5 Å². The number of ketones is 1. The first kappa shape index (κ1) is 24.0. The smallest absolute Gasteiger partial charge is 0.293 e. The number of nitrogens with one attached hydrogen (secondary N) is 1. The number of halogens is 1. The number of carbonyl (C=O) groups is 2. The fourth-order valence-corrected chi connectivity index (χ4v) is 5.44. The maximum Gasteiger partial charge on any atom is 0.293 e. The van der Waals surface area contributed by atoms with Gasteiger partial charge in [0.2, 0.25) is 11.6 Å². The lowest BCUT2D eigenvalue weighted by Gasteiger charge is -2.35. The van der Waals surface area contributed by atoms with Crippen LogP contribution >= 0.6 is 0 Å². The first-order valence-corrected chi connectivity index (χ1v) is 12.1. The van der Waals surface area contributed by atoms with Gasteiger partial charge in [0.25, 0.3) is 11.5 Å². The molecule has 1 aliphatic heterocycles. The summed E-state index contributed by atoms with van der Waals surface area (Å²) in [6, 6.07) is 6.85. The number of fused-ring (bicyclic) bond motifs is 2. The largest absolute Gasteiger partial charge is 0.478 e. The maximum absolute atomic E-state index is 15.1. The molecule has 3 aromatic rings. The van der Waals surface area contributed by atoms with E-state index in [9.17, 15) is 14.4 Å². The zero-order valence-electron chi connectivity index (χ0n) is 20.5. The lowest BCUT2D eigenvalue weighted by atomic mass is 9.85. The molecule has 0 radical (unpaired) electrons. The molecule has 36 heavy (non-hydrogen) atoms. The van der Waals surface area contributed by atoms with Crippen molar-refractivity contribution in [2.24, 2.45) is 0 Å². The van der Waals surface area contributed by atoms with Crippen LogP contribution in [0.5, 0.6) is 5.88 Å². The van der Waals surface area contributed by atoms with E-state index in [0.29, 0.717) is 41.3 Å². The van der Waals surface area contributed by atoms with Gasteiger partial charge in [-0.05, 0) is 54.0 Å². The Morgan fingerprint density at radius 2 is 2.06 bits per heavy atom. The third kappa shape index (κ3) is 4.23. The summed E-state index contributed by atoms with van der Waals surface area (Å²) in [5, 5.41) is 2.12. The molecule has 0 fully saturated rings. The van der Waals surface area contributed by atoms with Crippen molar-refractivity contribution in [2.75, 3.05) is 13.2 Å². The van der Waals surface area contributed by atoms with Gasteiger partial charge >= 0.3 is 0 Å². The molecule has 188 valence electrons. The normalized spacial score (nSPS) is 18.0. The van der Waals surface area contributed by atoms with E-state index in [1.165, 1.54) is 11.0 Å². The third-order valence-corrected chi connectivity index (χ3v) is 7.08. The molecule has 0 spiro atoms. The van der Waals surface area contributed by atoms with Crippen molar-refractivity contribution in [1.82, 2.24) is 15.0 Å². The van der Waals surface area contributed by atoms with Gasteiger partial charge in [-0.15, -0.1) is 0 Å². The minimum atomic E-state index is -0.961. The van der Waals surface area contributed by atoms with Crippen LogP contribution in [0, 0.1) is 5.82 Å². The number of ether oxygens (including phenoxy) is 1. The SMILES string of the molecule is CCOc1ccc2c(n1)CCN(C(=O)c1cc(=O)[nH]o1)[C@H]2C(=O)Cc1cc(F)c2c(c1)CCC2(C)C. The van der Waals surface area contributed by atoms with Crippen LogP contribution in [0.1, 0.15) is 71.7 Å². The van der Waals surface area contributed by atoms with Crippen molar-refractivity contribution >= 4 is 11.7 Å². The van der Waals surface area contributed by atoms with Crippen LogP contribution in [0.3, 0.4) is 0 Å². The first-order chi connectivity index (χ1) is 17.2. The Bertz CT molecular complexity index is 1410. The number of aromatic nitrogens is 2. The molecule has 2 aromatic heterocycles. The van der Waals surface area contributed by atoms with Gasteiger partial charge in [-0.3, -0.25) is 14.4 Å². The number of hydrogen-bond acceptors (Lipinski definition) is 6. The number of Topliss-reactive ketones (excluding diaryl/α,β-unsaturated/α-hetero) is 1. The second-order valence-corrected chi connectivity index (χ2v) is 9.99. The molecule has 1 aromatic carbocycles. The zero-order valence-corrected chi connectivity index (χ0v) is 20.5. The summed E-state index contributed by atoms with van der Waals surface area (Å²) in [7, 11) is 0. The highest BCUT2D eigenvalue weighted by atomic mass is 19.1. The van der Waals surface area contributed by atoms with Gasteiger partial charge in [0, 0.05) is 31.0 Å². The van der Waals surface area contributed by atoms with Crippen molar-refractivity contribution in [3.05, 3.63) is 80.2 Å². The summed E-state index contributed by atoms with van der Waals surface area (Å²) in [6.45, 7) is 6.56. The number of rotatable bonds is 6. The molecule has 1 amide bonds. The van der Waals surface area contributed by atoms with E-state index in [1.807, 2.05) is 26.8 Å². The Hall–Kier alpha value is -3.75. The van der Waals surface area contributed by atoms with Crippen molar-refractivity contribution in [1.29, 1.82) is 0 Å². The topological polar surface area (TPSA) is 106 Å². The highest BCUT2D eigenvalue weighted by molar-refractivity contribution is 5.97. The summed E-state index contributed by atoms with van der Waals surface area (Å²) in [5.74, 6) is -0.877. The predicted molar refractivity (Wildman–Crippen MR) is 129 cm³/mol. The second kappa shape index (κ2) is 9.04. The lowest BCUT2D eigenvalue weighted by molar-refractivity contribution is -0.123. The molecule has 2 aliphatic rings. The minimum absolute atomic E-state index is 0.0528. The highest BCUT2D eigenvalue weighted by Crippen LogP contribution is 2.41. The molecule has 1 aliphatic carbocycles. The molecule has 1 N–H and O–H groups in total. The van der Waals surface area contributed by atoms with Crippen LogP contribution in [-0.2, 0) is 29.5 Å². The molecule has 8 nitrogen and oxygen atoms in total. The number of aryl methyl sites for hydroxylation is 1. The number of benzene rings is 1. The van der Waals surface area contributed by atoms with Crippen LogP contribution in [0.25, 0.3) is 0 Å². The standard InChI is InChI=1S/C27H28FN3O5/c1-4-35-23-6-5-17-19(29-23)8-10-31(26(34)21-14-22(33)30-36-21)25(17)20(32)13-15-11-16-7-9-27(2,3)24(16)18(28)12-15/h5-6,11-12,14,25H,4,7-10,13H2,1-3H3,(H,30,33)/t25-/m1/s1. The first-order valence-electron chi connectivity index (χ1n) is 12.1. The Morgan fingerprint density at radius 1 is 1.25 bits per heavy atom. The summed E-state index contributed by atoms with van der Waals surface area (Å²) >= 11 is 0. The van der Waals surface area contributed by atoms with Crippen LogP contribution in [-0.4, -0.2) is 39.9 Å². The van der Waals surface area contributed by atoms with Gasteiger partial charge < -0.3 is 14.2 Å². The van der Waals surface area contributed by atoms with Gasteiger partial charge in [0.05, 0.1) is 18.4 Å². The number of amides is 1. The Balaban J connectivity index is 1.51. The monoisotopic (exact) mass is 493 g/mol. The van der Waals surface area contributed by atoms with Crippen molar-refractivity contribution in [2.45, 2.75) is 57.9 Å². The summed E-state index contributed by atoms with van der Waals surface area (Å²) < 4.78 is 25.6. The van der Waals surface area contributed by atoms with Gasteiger partial charge in [-0.25, -0.2) is 9.37 Å². The number of hydrogen-bond donors (Lipinski definition) is 1. The minimum Gasteiger partial charge on any atom is -0.478 e. The Labute approximate surface area is 207 Å². The summed E-state index contributed by atoms with van der Waals surface area (Å²) in [5.41, 5.74) is 2.69. The zero-order chi connectivity index (χ0) is 25.6. The Kier molecular flexibility index (Phi) is 6.02. The Morgan fingerprint density at radius 3 is 2.78 bits per heavy atom. The number of carbonyl (C=O) groups excluding carboxylic acids is 2. The summed E-state index contributed by atoms with van der Waals surface area (Å²) in [6.07, 6.45) is 1.96. The lowest BCUT2D eigenvalue weighted by Crippen LogP contribution is -2.44. The highest BCUT2D eigenvalue weighted by Gasteiger charge is 2.39. The molecule has 0 saturated heterocycles. The van der Waals surface area contributed by atoms with Crippen molar-refractivity contribution < 1.29 is 23.2 Å². The van der Waals surface area contributed by atoms with E-state index in [4.69, 9.17) is 9.26 Å². The van der Waals surface area contributed by atoms with E-state index >= 15 is 4.39 Å². The summed E-state index contributed by atoms with van der Waals surface area (Å²) in [4.78, 5) is 44.5. The molecule has 5 rings (SSSR count). The molecule has 0 bridgehead atoms. The average Bonchev–Trinajstić information content (AvgIpc) is 3.40. The number of nitrogens with zero attached hydrogens (tertiary/aromatic N) is 2. The average molecular weight is 494 g/mol. The van der Waals surface area contributed by atoms with Crippen molar-refractivity contribution in [3.8, 4) is 5.88 Å². The van der Waals surface area contributed by atoms with Crippen LogP contribution < -0.4 is 10.3 Å². The number of pyridine rings is 1. The van der Waals surface area contributed by atoms with Gasteiger partial charge in [0.1, 0.15) is 11.9 Å². The van der Waals surface area contributed by atoms with E-state index in [-0.39, 0.29) is 35.7 Å². The number of aromatic amines is 1. The molecule has 3 heterocycles. The van der Waals surface area contributed by atoms with Gasteiger partial charge in [-0.1, -0.05) is 19.9 Å². The van der Waals surface area contributed by atoms with E-state index in [2.05, 4.69) is 10.1 Å². The maximum atomic E-state index is 15.1. The van der Waals surface area contributed by atoms with Crippen LogP contribution in [0.15, 0.2) is 39.6 Å². The molecular formula is C27H28FN3O5. The van der Waals surface area contributed by atoms with E-state index in [1.54, 1.807) is 12.1 Å². The quantitative estimate of drug-likeness (QED) is 0.562. The molecule has 0 unspecified atom stereocenters. The van der Waals surface area contributed by atoms with Gasteiger partial charge in [-0.2, -0.15) is 5.16 Å². The molecule has 1 atom stereocenters. The third-order valence-electron chi connectivity index (χ3n) is 7.08. The predicted octanol–water partition coefficient (Wildman–Crippen LogP) is 3.68. The molecule has 9 heteroatoms. The van der Waals surface area contributed by atoms with Gasteiger partial charge in [0.15, 0.2) is 5.78 Å². The van der Waals surface area contributed by atoms with Crippen LogP contribution in [0.4, 0.5) is 4.39 Å². The fourth-order valence-electron chi connectivity index (χ4n) is 5.44. The van der Waals surface area contributed by atoms with E-state index < -0.39 is 17.5 Å². The second-order valence-electron chi connectivity index (χ2n) is 9.99. The number of H-pyrrole nitrogens is 1. The molecular weight excluding hydrogens is 465 g/mol. The van der Waals surface area contributed by atoms with Crippen LogP contribution in [0.2, 0.25) is 0 Å². The van der Waals surface area contributed by atoms with Crippen molar-refractivity contribution in [3.63, 3.8) is 0 Å². The molecule has 0 saturated carbocycles. The fraction of sp³-hybridized carbons (Fsp3) is 0.407.